The van der Waals surface area contributed by atoms with Gasteiger partial charge in [-0.05, 0) is 26.3 Å². The molecular weight excluding hydrogens is 280 g/mol. The van der Waals surface area contributed by atoms with E-state index in [4.69, 9.17) is 11.6 Å². The maximum atomic E-state index is 12.6. The molecule has 6 heteroatoms. The summed E-state index contributed by atoms with van der Waals surface area (Å²) in [5.41, 5.74) is 0.488. The van der Waals surface area contributed by atoms with Crippen LogP contribution in [0.5, 0.6) is 0 Å². The highest BCUT2D eigenvalue weighted by atomic mass is 35.5. The molecule has 112 valence electrons. The molecule has 20 heavy (non-hydrogen) atoms. The number of hydrogen-bond donors (Lipinski definition) is 0. The zero-order valence-corrected chi connectivity index (χ0v) is 13.1. The molecule has 0 aliphatic rings. The summed E-state index contributed by atoms with van der Waals surface area (Å²) < 4.78 is 6.44. The van der Waals surface area contributed by atoms with Crippen molar-refractivity contribution < 1.29 is 14.3 Å². The third-order valence-corrected chi connectivity index (χ3v) is 3.13. The topological polar surface area (TPSA) is 51.5 Å². The van der Waals surface area contributed by atoms with Gasteiger partial charge in [0.05, 0.1) is 12.1 Å². The lowest BCUT2D eigenvalue weighted by molar-refractivity contribution is -0.141. The molecule has 1 rings (SSSR count). The molecule has 0 saturated heterocycles. The van der Waals surface area contributed by atoms with Gasteiger partial charge in [0.25, 0.3) is 5.91 Å². The predicted molar refractivity (Wildman–Crippen MR) is 78.0 cm³/mol. The quantitative estimate of drug-likeness (QED) is 0.759. The van der Waals surface area contributed by atoms with Crippen molar-refractivity contribution in [3.63, 3.8) is 0 Å². The second-order valence-corrected chi connectivity index (χ2v) is 5.28. The average Bonchev–Trinajstić information content (AvgIpc) is 2.79. The van der Waals surface area contributed by atoms with Crippen molar-refractivity contribution in [2.75, 3.05) is 20.2 Å². The van der Waals surface area contributed by atoms with Gasteiger partial charge in [-0.2, -0.15) is 0 Å². The number of hydrogen-bond acceptors (Lipinski definition) is 3. The summed E-state index contributed by atoms with van der Waals surface area (Å²) in [5, 5.41) is 0.511. The number of ether oxygens (including phenoxy) is 1. The minimum Gasteiger partial charge on any atom is -0.468 e. The normalized spacial score (nSPS) is 10.7. The number of rotatable bonds is 6. The molecule has 0 aliphatic heterocycles. The van der Waals surface area contributed by atoms with Crippen LogP contribution in [-0.2, 0) is 9.53 Å². The third-order valence-electron chi connectivity index (χ3n) is 2.92. The first kappa shape index (κ1) is 16.6. The molecule has 1 aromatic rings. The molecule has 0 N–H and O–H groups in total. The Morgan fingerprint density at radius 3 is 2.60 bits per heavy atom. The van der Waals surface area contributed by atoms with E-state index in [9.17, 15) is 9.59 Å². The van der Waals surface area contributed by atoms with Crippen LogP contribution < -0.4 is 0 Å². The van der Waals surface area contributed by atoms with E-state index in [2.05, 4.69) is 4.74 Å². The lowest BCUT2D eigenvalue weighted by Gasteiger charge is -2.22. The molecule has 1 aromatic heterocycles. The van der Waals surface area contributed by atoms with Crippen LogP contribution in [-0.4, -0.2) is 41.5 Å². The molecule has 0 fully saturated rings. The molecule has 5 nitrogen and oxygen atoms in total. The number of methoxy groups -OCH3 is 1. The van der Waals surface area contributed by atoms with Crippen LogP contribution in [0.15, 0.2) is 12.3 Å². The van der Waals surface area contributed by atoms with Crippen molar-refractivity contribution >= 4 is 23.5 Å². The molecule has 0 aliphatic carbocycles. The van der Waals surface area contributed by atoms with Crippen LogP contribution in [0, 0.1) is 0 Å². The molecular formula is C14H21ClN2O3. The SMILES string of the molecule is CCCN(CC(=O)OC)C(=O)c1cc(Cl)cn1C(C)C. The first-order valence-corrected chi connectivity index (χ1v) is 7.02. The number of aromatic nitrogens is 1. The first-order valence-electron chi connectivity index (χ1n) is 6.64. The maximum absolute atomic E-state index is 12.6. The fourth-order valence-electron chi connectivity index (χ4n) is 1.95. The van der Waals surface area contributed by atoms with Crippen molar-refractivity contribution in [2.24, 2.45) is 0 Å². The van der Waals surface area contributed by atoms with E-state index in [0.29, 0.717) is 17.3 Å². The molecule has 0 spiro atoms. The summed E-state index contributed by atoms with van der Waals surface area (Å²) in [4.78, 5) is 25.5. The summed E-state index contributed by atoms with van der Waals surface area (Å²) >= 11 is 5.99. The largest absolute Gasteiger partial charge is 0.468 e. The average molecular weight is 301 g/mol. The molecule has 0 unspecified atom stereocenters. The van der Waals surface area contributed by atoms with Gasteiger partial charge >= 0.3 is 5.97 Å². The van der Waals surface area contributed by atoms with E-state index in [0.717, 1.165) is 6.42 Å². The summed E-state index contributed by atoms with van der Waals surface area (Å²) in [6.07, 6.45) is 2.49. The Morgan fingerprint density at radius 2 is 2.10 bits per heavy atom. The van der Waals surface area contributed by atoms with E-state index in [-0.39, 0.29) is 18.5 Å². The van der Waals surface area contributed by atoms with E-state index in [1.165, 1.54) is 12.0 Å². The Morgan fingerprint density at radius 1 is 1.45 bits per heavy atom. The standard InChI is InChI=1S/C14H21ClN2O3/c1-5-6-16(9-13(18)20-4)14(19)12-7-11(15)8-17(12)10(2)3/h7-8,10H,5-6,9H2,1-4H3. The minimum absolute atomic E-state index is 0.0515. The van der Waals surface area contributed by atoms with Crippen molar-refractivity contribution in [3.8, 4) is 0 Å². The highest BCUT2D eigenvalue weighted by Crippen LogP contribution is 2.20. The molecule has 0 aromatic carbocycles. The Balaban J connectivity index is 3.02. The lowest BCUT2D eigenvalue weighted by Crippen LogP contribution is -2.37. The van der Waals surface area contributed by atoms with Crippen LogP contribution in [0.2, 0.25) is 5.02 Å². The summed E-state index contributed by atoms with van der Waals surface area (Å²) in [7, 11) is 1.31. The monoisotopic (exact) mass is 300 g/mol. The number of nitrogens with zero attached hydrogens (tertiary/aromatic N) is 2. The molecule has 0 saturated carbocycles. The first-order chi connectivity index (χ1) is 9.40. The van der Waals surface area contributed by atoms with Crippen LogP contribution in [0.3, 0.4) is 0 Å². The van der Waals surface area contributed by atoms with Gasteiger partial charge in [0.1, 0.15) is 12.2 Å². The zero-order chi connectivity index (χ0) is 15.3. The fraction of sp³-hybridized carbons (Fsp3) is 0.571. The van der Waals surface area contributed by atoms with Gasteiger partial charge in [0.15, 0.2) is 0 Å². The molecule has 0 bridgehead atoms. The molecule has 1 amide bonds. The van der Waals surface area contributed by atoms with Gasteiger partial charge in [0.2, 0.25) is 0 Å². The van der Waals surface area contributed by atoms with Gasteiger partial charge in [-0.15, -0.1) is 0 Å². The van der Waals surface area contributed by atoms with E-state index < -0.39 is 5.97 Å². The van der Waals surface area contributed by atoms with E-state index in [1.54, 1.807) is 12.3 Å². The Kier molecular flexibility index (Phi) is 6.07. The summed E-state index contributed by atoms with van der Waals surface area (Å²) in [5.74, 6) is -0.640. The van der Waals surface area contributed by atoms with Gasteiger partial charge in [-0.1, -0.05) is 18.5 Å². The van der Waals surface area contributed by atoms with Gasteiger partial charge in [0, 0.05) is 18.8 Å². The number of esters is 1. The van der Waals surface area contributed by atoms with Gasteiger partial charge in [-0.25, -0.2) is 0 Å². The van der Waals surface area contributed by atoms with Crippen molar-refractivity contribution in [3.05, 3.63) is 23.0 Å². The van der Waals surface area contributed by atoms with Crippen molar-refractivity contribution in [2.45, 2.75) is 33.2 Å². The second-order valence-electron chi connectivity index (χ2n) is 4.85. The Hall–Kier alpha value is -1.49. The molecule has 1 heterocycles. The zero-order valence-electron chi connectivity index (χ0n) is 12.4. The number of amides is 1. The molecule has 0 atom stereocenters. The smallest absolute Gasteiger partial charge is 0.325 e. The summed E-state index contributed by atoms with van der Waals surface area (Å²) in [6.45, 7) is 6.33. The Labute approximate surface area is 124 Å². The highest BCUT2D eigenvalue weighted by molar-refractivity contribution is 6.31. The molecule has 0 radical (unpaired) electrons. The van der Waals surface area contributed by atoms with E-state index in [1.807, 2.05) is 25.3 Å². The Bertz CT molecular complexity index is 483. The second kappa shape index (κ2) is 7.33. The van der Waals surface area contributed by atoms with Gasteiger partial charge < -0.3 is 14.2 Å². The third kappa shape index (κ3) is 4.00. The van der Waals surface area contributed by atoms with E-state index >= 15 is 0 Å². The predicted octanol–water partition coefficient (Wildman–Crippen LogP) is 2.75. The number of carbonyl (C=O) groups excluding carboxylic acids is 2. The summed E-state index contributed by atoms with van der Waals surface area (Å²) in [6, 6.07) is 1.74. The minimum atomic E-state index is -0.430. The fourth-order valence-corrected chi connectivity index (χ4v) is 2.16. The highest BCUT2D eigenvalue weighted by Gasteiger charge is 2.22. The van der Waals surface area contributed by atoms with Crippen LogP contribution in [0.25, 0.3) is 0 Å². The van der Waals surface area contributed by atoms with Crippen molar-refractivity contribution in [1.29, 1.82) is 0 Å². The van der Waals surface area contributed by atoms with Crippen LogP contribution in [0.1, 0.15) is 43.7 Å². The van der Waals surface area contributed by atoms with Crippen LogP contribution in [0.4, 0.5) is 0 Å². The number of halogens is 1. The van der Waals surface area contributed by atoms with Crippen molar-refractivity contribution in [1.82, 2.24) is 9.47 Å². The lowest BCUT2D eigenvalue weighted by atomic mass is 10.3. The van der Waals surface area contributed by atoms with Crippen LogP contribution >= 0.6 is 11.6 Å². The van der Waals surface area contributed by atoms with Gasteiger partial charge in [-0.3, -0.25) is 9.59 Å². The maximum Gasteiger partial charge on any atom is 0.325 e. The number of carbonyl (C=O) groups is 2.